The van der Waals surface area contributed by atoms with Crippen molar-refractivity contribution in [3.8, 4) is 5.75 Å². The number of nitrogens with one attached hydrogen (secondary N) is 3. The van der Waals surface area contributed by atoms with Gasteiger partial charge in [0.15, 0.2) is 0 Å². The van der Waals surface area contributed by atoms with Crippen molar-refractivity contribution in [2.45, 2.75) is 18.5 Å². The number of methoxy groups -OCH3 is 1. The van der Waals surface area contributed by atoms with Gasteiger partial charge in [0.05, 0.1) is 27.7 Å². The Labute approximate surface area is 165 Å². The fourth-order valence-corrected chi connectivity index (χ4v) is 3.05. The van der Waals surface area contributed by atoms with E-state index in [0.717, 1.165) is 16.9 Å². The van der Waals surface area contributed by atoms with E-state index in [0.29, 0.717) is 13.0 Å². The van der Waals surface area contributed by atoms with Gasteiger partial charge in [-0.15, -0.1) is 0 Å². The van der Waals surface area contributed by atoms with Crippen LogP contribution in [0.5, 0.6) is 5.75 Å². The molecule has 0 saturated carbocycles. The molecule has 150 valence electrons. The third kappa shape index (κ3) is 6.28. The molecule has 0 aliphatic rings. The third-order valence-corrected chi connectivity index (χ3v) is 4.61. The molecule has 0 spiro atoms. The predicted molar refractivity (Wildman–Crippen MR) is 108 cm³/mol. The van der Waals surface area contributed by atoms with Crippen molar-refractivity contribution in [2.75, 3.05) is 27.7 Å². The molecule has 7 nitrogen and oxygen atoms in total. The maximum atomic E-state index is 12.7. The second-order valence-electron chi connectivity index (χ2n) is 6.90. The number of likely N-dealkylation sites (N-methyl/N-ethyl adjacent to an activating group) is 1. The molecule has 5 N–H and O–H groups in total. The zero-order valence-electron chi connectivity index (χ0n) is 16.6. The third-order valence-electron chi connectivity index (χ3n) is 4.61. The predicted octanol–water partition coefficient (Wildman–Crippen LogP) is 0.277. The van der Waals surface area contributed by atoms with Crippen LogP contribution in [0.2, 0.25) is 0 Å². The van der Waals surface area contributed by atoms with E-state index >= 15 is 0 Å². The van der Waals surface area contributed by atoms with Crippen molar-refractivity contribution in [3.05, 3.63) is 65.7 Å². The van der Waals surface area contributed by atoms with Crippen molar-refractivity contribution in [3.63, 3.8) is 0 Å². The molecular formula is C21H29N4O3+. The van der Waals surface area contributed by atoms with Crippen molar-refractivity contribution in [1.29, 1.82) is 0 Å². The van der Waals surface area contributed by atoms with Gasteiger partial charge in [0.25, 0.3) is 0 Å². The zero-order chi connectivity index (χ0) is 20.5. The molecule has 0 bridgehead atoms. The SMILES string of the molecule is COc1ccc([C@@H](CNC(=O)[C@H](Cc2ccccc2)NC(N)=O)[NH+](C)C)cc1. The zero-order valence-corrected chi connectivity index (χ0v) is 16.6. The van der Waals surface area contributed by atoms with E-state index in [1.165, 1.54) is 4.90 Å². The van der Waals surface area contributed by atoms with Gasteiger partial charge >= 0.3 is 6.03 Å². The number of quaternary nitrogens is 1. The molecule has 0 aliphatic carbocycles. The monoisotopic (exact) mass is 385 g/mol. The first kappa shape index (κ1) is 21.2. The summed E-state index contributed by atoms with van der Waals surface area (Å²) in [5.41, 5.74) is 7.29. The van der Waals surface area contributed by atoms with Crippen LogP contribution in [0.3, 0.4) is 0 Å². The maximum Gasteiger partial charge on any atom is 0.312 e. The normalized spacial score (nSPS) is 12.9. The number of carbonyl (C=O) groups excluding carboxylic acids is 2. The van der Waals surface area contributed by atoms with Crippen LogP contribution < -0.4 is 26.0 Å². The van der Waals surface area contributed by atoms with Crippen LogP contribution in [-0.4, -0.2) is 45.7 Å². The summed E-state index contributed by atoms with van der Waals surface area (Å²) in [4.78, 5) is 25.3. The molecule has 2 atom stereocenters. The lowest BCUT2D eigenvalue weighted by atomic mass is 10.0. The topological polar surface area (TPSA) is 97.9 Å². The molecule has 7 heteroatoms. The molecule has 2 aromatic rings. The first-order valence-electron chi connectivity index (χ1n) is 9.22. The van der Waals surface area contributed by atoms with Gasteiger partial charge < -0.3 is 26.0 Å². The Bertz CT molecular complexity index is 763. The summed E-state index contributed by atoms with van der Waals surface area (Å²) >= 11 is 0. The molecule has 0 heterocycles. The Morgan fingerprint density at radius 3 is 2.25 bits per heavy atom. The van der Waals surface area contributed by atoms with E-state index in [2.05, 4.69) is 10.6 Å². The summed E-state index contributed by atoms with van der Waals surface area (Å²) in [6.45, 7) is 0.430. The molecule has 28 heavy (non-hydrogen) atoms. The Hall–Kier alpha value is -3.06. The minimum absolute atomic E-state index is 0.0563. The van der Waals surface area contributed by atoms with Crippen LogP contribution >= 0.6 is 0 Å². The van der Waals surface area contributed by atoms with Crippen LogP contribution in [0.4, 0.5) is 4.79 Å². The minimum Gasteiger partial charge on any atom is -0.497 e. The number of hydrogen-bond acceptors (Lipinski definition) is 3. The Balaban J connectivity index is 2.06. The lowest BCUT2D eigenvalue weighted by molar-refractivity contribution is -0.890. The smallest absolute Gasteiger partial charge is 0.312 e. The van der Waals surface area contributed by atoms with Crippen molar-refractivity contribution < 1.29 is 19.2 Å². The number of nitrogens with two attached hydrogens (primary N) is 1. The lowest BCUT2D eigenvalue weighted by Gasteiger charge is -2.24. The summed E-state index contributed by atoms with van der Waals surface area (Å²) in [5, 5.41) is 5.50. The van der Waals surface area contributed by atoms with Crippen LogP contribution in [0.15, 0.2) is 54.6 Å². The summed E-state index contributed by atoms with van der Waals surface area (Å²) in [6.07, 6.45) is 0.373. The number of carbonyl (C=O) groups is 2. The first-order valence-corrected chi connectivity index (χ1v) is 9.22. The van der Waals surface area contributed by atoms with Crippen LogP contribution in [0.25, 0.3) is 0 Å². The number of urea groups is 1. The number of ether oxygens (including phenoxy) is 1. The van der Waals surface area contributed by atoms with E-state index < -0.39 is 12.1 Å². The molecule has 3 amide bonds. The van der Waals surface area contributed by atoms with Gasteiger partial charge in [0.2, 0.25) is 5.91 Å². The van der Waals surface area contributed by atoms with E-state index in [-0.39, 0.29) is 11.9 Å². The molecular weight excluding hydrogens is 356 g/mol. The Morgan fingerprint density at radius 2 is 1.71 bits per heavy atom. The standard InChI is InChI=1S/C21H28N4O3/c1-25(2)19(16-9-11-17(28-3)12-10-16)14-23-20(26)18(24-21(22)27)13-15-7-5-4-6-8-15/h4-12,18-19H,13-14H2,1-3H3,(H,23,26)(H3,22,24,27)/p+1/t18-,19+/m0/s1. The fourth-order valence-electron chi connectivity index (χ4n) is 3.05. The number of hydrogen-bond donors (Lipinski definition) is 4. The molecule has 0 aliphatic heterocycles. The highest BCUT2D eigenvalue weighted by molar-refractivity contribution is 5.86. The van der Waals surface area contributed by atoms with Gasteiger partial charge in [-0.2, -0.15) is 0 Å². The van der Waals surface area contributed by atoms with Crippen molar-refractivity contribution >= 4 is 11.9 Å². The highest BCUT2D eigenvalue weighted by Gasteiger charge is 2.24. The highest BCUT2D eigenvalue weighted by atomic mass is 16.5. The van der Waals surface area contributed by atoms with Crippen LogP contribution in [-0.2, 0) is 11.2 Å². The summed E-state index contributed by atoms with van der Waals surface area (Å²) < 4.78 is 5.20. The van der Waals surface area contributed by atoms with Gasteiger partial charge in [-0.05, 0) is 29.8 Å². The molecule has 0 unspecified atom stereocenters. The molecule has 0 saturated heterocycles. The van der Waals surface area contributed by atoms with Gasteiger partial charge in [0, 0.05) is 12.0 Å². The largest absolute Gasteiger partial charge is 0.497 e. The highest BCUT2D eigenvalue weighted by Crippen LogP contribution is 2.15. The summed E-state index contributed by atoms with van der Waals surface area (Å²) in [6, 6.07) is 15.9. The van der Waals surface area contributed by atoms with Crippen molar-refractivity contribution in [1.82, 2.24) is 10.6 Å². The average molecular weight is 385 g/mol. The molecule has 0 fully saturated rings. The van der Waals surface area contributed by atoms with Crippen molar-refractivity contribution in [2.24, 2.45) is 5.73 Å². The molecule has 2 aromatic carbocycles. The summed E-state index contributed by atoms with van der Waals surface area (Å²) in [5.74, 6) is 0.524. The van der Waals surface area contributed by atoms with Gasteiger partial charge in [0.1, 0.15) is 17.8 Å². The van der Waals surface area contributed by atoms with E-state index in [4.69, 9.17) is 10.5 Å². The van der Waals surface area contributed by atoms with Crippen LogP contribution in [0.1, 0.15) is 17.2 Å². The number of primary amides is 1. The maximum absolute atomic E-state index is 12.7. The van der Waals surface area contributed by atoms with E-state index in [1.54, 1.807) is 7.11 Å². The van der Waals surface area contributed by atoms with Crippen LogP contribution in [0, 0.1) is 0 Å². The quantitative estimate of drug-likeness (QED) is 0.499. The fraction of sp³-hybridized carbons (Fsp3) is 0.333. The molecule has 0 radical (unpaired) electrons. The van der Waals surface area contributed by atoms with Gasteiger partial charge in [-0.25, -0.2) is 4.79 Å². The minimum atomic E-state index is -0.728. The second kappa shape index (κ2) is 10.3. The Morgan fingerprint density at radius 1 is 1.07 bits per heavy atom. The van der Waals surface area contributed by atoms with E-state index in [9.17, 15) is 9.59 Å². The first-order chi connectivity index (χ1) is 13.4. The van der Waals surface area contributed by atoms with E-state index in [1.807, 2.05) is 68.7 Å². The number of rotatable bonds is 9. The molecule has 0 aromatic heterocycles. The molecule has 2 rings (SSSR count). The summed E-state index contributed by atoms with van der Waals surface area (Å²) in [7, 11) is 5.69. The Kier molecular flexibility index (Phi) is 7.83. The number of amides is 3. The average Bonchev–Trinajstić information content (AvgIpc) is 2.68. The van der Waals surface area contributed by atoms with Gasteiger partial charge in [-0.1, -0.05) is 30.3 Å². The lowest BCUT2D eigenvalue weighted by Crippen LogP contribution is -3.07. The number of benzene rings is 2. The second-order valence-corrected chi connectivity index (χ2v) is 6.90. The van der Waals surface area contributed by atoms with Gasteiger partial charge in [-0.3, -0.25) is 4.79 Å².